The lowest BCUT2D eigenvalue weighted by Crippen LogP contribution is -2.30. The summed E-state index contributed by atoms with van der Waals surface area (Å²) in [6.07, 6.45) is 63.9. The summed E-state index contributed by atoms with van der Waals surface area (Å²) in [5.41, 5.74) is 0. The Hall–Kier alpha value is -1.94. The summed E-state index contributed by atoms with van der Waals surface area (Å²) >= 11 is 0. The fourth-order valence-electron chi connectivity index (χ4n) is 13.0. The van der Waals surface area contributed by atoms with Crippen molar-refractivity contribution in [3.05, 3.63) is 0 Å². The van der Waals surface area contributed by atoms with Crippen molar-refractivity contribution in [3.63, 3.8) is 0 Å². The zero-order chi connectivity index (χ0) is 75.8. The second-order valence-corrected chi connectivity index (χ2v) is 34.1. The number of ether oxygens (including phenoxy) is 4. The van der Waals surface area contributed by atoms with E-state index in [4.69, 9.17) is 37.0 Å². The highest BCUT2D eigenvalue weighted by Crippen LogP contribution is 2.45. The van der Waals surface area contributed by atoms with Crippen molar-refractivity contribution in [2.45, 2.75) is 458 Å². The van der Waals surface area contributed by atoms with Crippen molar-refractivity contribution in [2.24, 2.45) is 17.8 Å². The molecule has 0 spiro atoms. The predicted molar refractivity (Wildman–Crippen MR) is 423 cm³/mol. The molecule has 0 aliphatic rings. The van der Waals surface area contributed by atoms with Gasteiger partial charge in [0.25, 0.3) is 0 Å². The van der Waals surface area contributed by atoms with Crippen molar-refractivity contribution in [1.82, 2.24) is 0 Å². The monoisotopic (exact) mass is 1510 g/mol. The number of aliphatic hydroxyl groups excluding tert-OH is 1. The van der Waals surface area contributed by atoms with Gasteiger partial charge in [0.05, 0.1) is 26.4 Å². The summed E-state index contributed by atoms with van der Waals surface area (Å²) in [4.78, 5) is 73.1. The molecule has 0 amide bonds. The van der Waals surface area contributed by atoms with Crippen LogP contribution in [-0.4, -0.2) is 96.7 Å². The first-order chi connectivity index (χ1) is 49.8. The SMILES string of the molecule is CCCCCCCCCCCCCCCCCCCC(=O)OC[C@H](COP(=O)(O)OC[C@@H](O)COP(=O)(O)OC[C@@H](COC(=O)CCCCCCCCC(C)CC)OC(=O)CCCCCCCCCCCCCC(C)C)OC(=O)CCCCCCCCCCCCCCCCCCCCC(C)CC. The number of unbranched alkanes of at least 4 members (excludes halogenated alkanes) is 48. The molecule has 17 nitrogen and oxygen atoms in total. The molecule has 0 aromatic heterocycles. The third-order valence-corrected chi connectivity index (χ3v) is 22.3. The predicted octanol–water partition coefficient (Wildman–Crippen LogP) is 25.3. The first-order valence-corrected chi connectivity index (χ1v) is 46.4. The van der Waals surface area contributed by atoms with Crippen LogP contribution in [-0.2, 0) is 65.4 Å². The van der Waals surface area contributed by atoms with Gasteiger partial charge in [0.1, 0.15) is 19.3 Å². The van der Waals surface area contributed by atoms with E-state index in [0.29, 0.717) is 25.7 Å². The summed E-state index contributed by atoms with van der Waals surface area (Å²) in [6.45, 7) is 12.0. The van der Waals surface area contributed by atoms with Crippen molar-refractivity contribution < 1.29 is 80.2 Å². The number of carbonyl (C=O) groups excluding carboxylic acids is 4. The minimum Gasteiger partial charge on any atom is -0.462 e. The standard InChI is InChI=1S/C84H164O17P2/c1-8-11-12-13-14-15-16-17-18-21-25-28-33-38-43-51-58-65-81(86)94-71-79(100-83(88)67-60-53-44-39-34-29-26-23-20-19-22-24-27-32-37-42-49-56-63-76(6)9-2)73-98-102(90,91)96-69-78(85)70-97-103(92,93)99-74-80(72-95-82(87)66-59-52-47-46-50-57-64-77(7)10-3)101-84(89)68-61-54-45-40-35-30-31-36-41-48-55-62-75(4)5/h75-80,85H,8-74H2,1-7H3,(H,90,91)(H,92,93)/t76?,77?,78-,79-,80-/m1/s1. The molecule has 0 saturated heterocycles. The van der Waals surface area contributed by atoms with Crippen LogP contribution < -0.4 is 0 Å². The smallest absolute Gasteiger partial charge is 0.462 e. The van der Waals surface area contributed by atoms with Crippen LogP contribution in [0.15, 0.2) is 0 Å². The molecule has 0 bridgehead atoms. The third-order valence-electron chi connectivity index (χ3n) is 20.4. The number of aliphatic hydroxyl groups is 1. The molecule has 0 aliphatic carbocycles. The first kappa shape index (κ1) is 101. The van der Waals surface area contributed by atoms with Gasteiger partial charge in [-0.2, -0.15) is 0 Å². The highest BCUT2D eigenvalue weighted by Gasteiger charge is 2.30. The molecule has 0 aromatic carbocycles. The van der Waals surface area contributed by atoms with E-state index >= 15 is 0 Å². The summed E-state index contributed by atoms with van der Waals surface area (Å²) in [6, 6.07) is 0. The molecule has 4 unspecified atom stereocenters. The quantitative estimate of drug-likeness (QED) is 0.0222. The Bertz CT molecular complexity index is 2000. The Morgan fingerprint density at radius 1 is 0.282 bits per heavy atom. The van der Waals surface area contributed by atoms with Gasteiger partial charge in [0, 0.05) is 25.7 Å². The average molecular weight is 1510 g/mol. The molecule has 0 aliphatic heterocycles. The largest absolute Gasteiger partial charge is 0.472 e. The van der Waals surface area contributed by atoms with Crippen molar-refractivity contribution in [1.29, 1.82) is 0 Å². The summed E-state index contributed by atoms with van der Waals surface area (Å²) in [5.74, 6) is 0.258. The summed E-state index contributed by atoms with van der Waals surface area (Å²) in [5, 5.41) is 10.7. The van der Waals surface area contributed by atoms with E-state index in [2.05, 4.69) is 48.5 Å². The van der Waals surface area contributed by atoms with Crippen LogP contribution in [0, 0.1) is 17.8 Å². The van der Waals surface area contributed by atoms with E-state index in [9.17, 15) is 43.2 Å². The van der Waals surface area contributed by atoms with Crippen molar-refractivity contribution in [2.75, 3.05) is 39.6 Å². The molecule has 3 N–H and O–H groups in total. The minimum atomic E-state index is -4.96. The van der Waals surface area contributed by atoms with Gasteiger partial charge in [-0.25, -0.2) is 9.13 Å². The average Bonchev–Trinajstić information content (AvgIpc) is 0.922. The Morgan fingerprint density at radius 3 is 0.738 bits per heavy atom. The van der Waals surface area contributed by atoms with Gasteiger partial charge in [0.2, 0.25) is 0 Å². The van der Waals surface area contributed by atoms with Gasteiger partial charge < -0.3 is 33.8 Å². The lowest BCUT2D eigenvalue weighted by atomic mass is 9.99. The van der Waals surface area contributed by atoms with Gasteiger partial charge in [-0.05, 0) is 43.4 Å². The van der Waals surface area contributed by atoms with Gasteiger partial charge in [0.15, 0.2) is 12.2 Å². The molecule has 612 valence electrons. The number of phosphoric ester groups is 2. The van der Waals surface area contributed by atoms with Gasteiger partial charge >= 0.3 is 39.5 Å². The van der Waals surface area contributed by atoms with E-state index in [1.165, 1.54) is 244 Å². The third kappa shape index (κ3) is 75.3. The number of esters is 4. The topological polar surface area (TPSA) is 237 Å². The molecular weight excluding hydrogens is 1340 g/mol. The Morgan fingerprint density at radius 2 is 0.495 bits per heavy atom. The minimum absolute atomic E-state index is 0.106. The summed E-state index contributed by atoms with van der Waals surface area (Å²) in [7, 11) is -9.92. The molecule has 0 heterocycles. The molecule has 0 aromatic rings. The zero-order valence-corrected chi connectivity index (χ0v) is 69.6. The fourth-order valence-corrected chi connectivity index (χ4v) is 14.5. The first-order valence-electron chi connectivity index (χ1n) is 43.4. The van der Waals surface area contributed by atoms with Crippen LogP contribution in [0.3, 0.4) is 0 Å². The van der Waals surface area contributed by atoms with Gasteiger partial charge in [-0.3, -0.25) is 37.3 Å². The second kappa shape index (κ2) is 74.2. The van der Waals surface area contributed by atoms with Crippen LogP contribution in [0.2, 0.25) is 0 Å². The number of hydrogen-bond donors (Lipinski definition) is 3. The Kier molecular flexibility index (Phi) is 72.8. The molecule has 0 radical (unpaired) electrons. The molecule has 103 heavy (non-hydrogen) atoms. The van der Waals surface area contributed by atoms with E-state index in [1.54, 1.807) is 0 Å². The van der Waals surface area contributed by atoms with Crippen LogP contribution in [0.5, 0.6) is 0 Å². The van der Waals surface area contributed by atoms with E-state index in [-0.39, 0.29) is 25.7 Å². The van der Waals surface area contributed by atoms with Gasteiger partial charge in [-0.15, -0.1) is 0 Å². The van der Waals surface area contributed by atoms with Crippen LogP contribution >= 0.6 is 15.6 Å². The lowest BCUT2D eigenvalue weighted by molar-refractivity contribution is -0.161. The van der Waals surface area contributed by atoms with Crippen molar-refractivity contribution >= 4 is 39.5 Å². The molecule has 7 atom stereocenters. The highest BCUT2D eigenvalue weighted by atomic mass is 31.2. The molecule has 0 rings (SSSR count). The van der Waals surface area contributed by atoms with E-state index in [0.717, 1.165) is 114 Å². The fraction of sp³-hybridized carbons (Fsp3) is 0.952. The molecule has 0 saturated carbocycles. The lowest BCUT2D eigenvalue weighted by Gasteiger charge is -2.21. The number of phosphoric acid groups is 2. The van der Waals surface area contributed by atoms with Crippen LogP contribution in [0.1, 0.15) is 440 Å². The maximum absolute atomic E-state index is 13.1. The van der Waals surface area contributed by atoms with Crippen molar-refractivity contribution in [3.8, 4) is 0 Å². The highest BCUT2D eigenvalue weighted by molar-refractivity contribution is 7.47. The number of rotatable bonds is 82. The molecular formula is C84H164O17P2. The second-order valence-electron chi connectivity index (χ2n) is 31.2. The maximum atomic E-state index is 13.1. The zero-order valence-electron chi connectivity index (χ0n) is 67.8. The van der Waals surface area contributed by atoms with Gasteiger partial charge in [-0.1, -0.05) is 389 Å². The Labute approximate surface area is 632 Å². The molecule has 19 heteroatoms. The Balaban J connectivity index is 5.22. The number of carbonyl (C=O) groups is 4. The van der Waals surface area contributed by atoms with E-state index < -0.39 is 97.5 Å². The van der Waals surface area contributed by atoms with Crippen LogP contribution in [0.25, 0.3) is 0 Å². The normalized spacial score (nSPS) is 14.4. The molecule has 0 fully saturated rings. The van der Waals surface area contributed by atoms with E-state index in [1.807, 2.05) is 0 Å². The summed E-state index contributed by atoms with van der Waals surface area (Å²) < 4.78 is 68.8. The maximum Gasteiger partial charge on any atom is 0.472 e. The van der Waals surface area contributed by atoms with Crippen LogP contribution in [0.4, 0.5) is 0 Å². The number of hydrogen-bond acceptors (Lipinski definition) is 15.